The molecule has 0 aromatic rings. The number of nitrogens with one attached hydrogen (secondary N) is 1. The number of rotatable bonds is 8. The average Bonchev–Trinajstić information content (AvgIpc) is 2.27. The standard InChI is InChI=1S/C14H28N2O2/c1-11(6-4-7-12(2)15)13(17)16-10-14(18-3)8-5-9-14/h11-12H,4-10,15H2,1-3H3,(H,16,17). The Kier molecular flexibility index (Phi) is 6.09. The van der Waals surface area contributed by atoms with Gasteiger partial charge >= 0.3 is 0 Å². The van der Waals surface area contributed by atoms with Crippen LogP contribution < -0.4 is 11.1 Å². The summed E-state index contributed by atoms with van der Waals surface area (Å²) in [7, 11) is 1.73. The number of carbonyl (C=O) groups excluding carboxylic acids is 1. The Balaban J connectivity index is 2.19. The highest BCUT2D eigenvalue weighted by atomic mass is 16.5. The molecule has 1 rings (SSSR count). The largest absolute Gasteiger partial charge is 0.376 e. The molecule has 0 saturated heterocycles. The molecule has 4 nitrogen and oxygen atoms in total. The van der Waals surface area contributed by atoms with Gasteiger partial charge in [0.05, 0.1) is 5.60 Å². The van der Waals surface area contributed by atoms with Crippen molar-refractivity contribution in [3.05, 3.63) is 0 Å². The quantitative estimate of drug-likeness (QED) is 0.696. The number of methoxy groups -OCH3 is 1. The Hall–Kier alpha value is -0.610. The van der Waals surface area contributed by atoms with E-state index in [1.54, 1.807) is 7.11 Å². The molecule has 106 valence electrons. The molecular weight excluding hydrogens is 228 g/mol. The molecule has 0 bridgehead atoms. The second-order valence-electron chi connectivity index (χ2n) is 5.77. The molecule has 0 radical (unpaired) electrons. The van der Waals surface area contributed by atoms with Crippen LogP contribution in [0.2, 0.25) is 0 Å². The lowest BCUT2D eigenvalue weighted by molar-refractivity contribution is -0.128. The van der Waals surface area contributed by atoms with E-state index in [-0.39, 0.29) is 23.5 Å². The molecule has 1 fully saturated rings. The maximum absolute atomic E-state index is 11.9. The van der Waals surface area contributed by atoms with Gasteiger partial charge in [0.2, 0.25) is 5.91 Å². The minimum absolute atomic E-state index is 0.0673. The Morgan fingerprint density at radius 1 is 1.39 bits per heavy atom. The van der Waals surface area contributed by atoms with E-state index in [1.807, 2.05) is 13.8 Å². The van der Waals surface area contributed by atoms with Gasteiger partial charge in [-0.1, -0.05) is 13.3 Å². The highest BCUT2D eigenvalue weighted by Gasteiger charge is 2.37. The molecule has 0 spiro atoms. The number of ether oxygens (including phenoxy) is 1. The fourth-order valence-corrected chi connectivity index (χ4v) is 2.32. The normalized spacial score (nSPS) is 20.9. The summed E-state index contributed by atoms with van der Waals surface area (Å²) in [5.74, 6) is 0.209. The van der Waals surface area contributed by atoms with E-state index in [9.17, 15) is 4.79 Å². The van der Waals surface area contributed by atoms with Gasteiger partial charge in [0.15, 0.2) is 0 Å². The lowest BCUT2D eigenvalue weighted by Crippen LogP contribution is -2.50. The molecule has 0 aromatic carbocycles. The zero-order valence-corrected chi connectivity index (χ0v) is 12.0. The molecule has 1 aliphatic carbocycles. The maximum atomic E-state index is 11.9. The molecule has 0 aliphatic heterocycles. The van der Waals surface area contributed by atoms with Crippen LogP contribution in [0, 0.1) is 5.92 Å². The first-order valence-corrected chi connectivity index (χ1v) is 7.07. The third-order valence-electron chi connectivity index (χ3n) is 4.03. The molecular formula is C14H28N2O2. The van der Waals surface area contributed by atoms with Gasteiger partial charge in [-0.3, -0.25) is 4.79 Å². The first-order valence-electron chi connectivity index (χ1n) is 7.07. The van der Waals surface area contributed by atoms with Gasteiger partial charge in [-0.15, -0.1) is 0 Å². The van der Waals surface area contributed by atoms with Crippen LogP contribution in [-0.4, -0.2) is 31.2 Å². The minimum atomic E-state index is -0.0822. The summed E-state index contributed by atoms with van der Waals surface area (Å²) in [6.07, 6.45) is 6.23. The van der Waals surface area contributed by atoms with E-state index in [1.165, 1.54) is 6.42 Å². The molecule has 2 atom stereocenters. The van der Waals surface area contributed by atoms with Crippen molar-refractivity contribution in [2.45, 2.75) is 64.0 Å². The Labute approximate surface area is 111 Å². The summed E-state index contributed by atoms with van der Waals surface area (Å²) in [6, 6.07) is 0.229. The molecule has 1 aliphatic rings. The van der Waals surface area contributed by atoms with Crippen LogP contribution in [0.15, 0.2) is 0 Å². The number of carbonyl (C=O) groups is 1. The first kappa shape index (κ1) is 15.4. The van der Waals surface area contributed by atoms with Crippen LogP contribution in [-0.2, 0) is 9.53 Å². The molecule has 3 N–H and O–H groups in total. The predicted molar refractivity (Wildman–Crippen MR) is 73.3 cm³/mol. The highest BCUT2D eigenvalue weighted by Crippen LogP contribution is 2.34. The zero-order valence-electron chi connectivity index (χ0n) is 12.0. The van der Waals surface area contributed by atoms with Crippen LogP contribution in [0.4, 0.5) is 0 Å². The van der Waals surface area contributed by atoms with Crippen molar-refractivity contribution >= 4 is 5.91 Å². The van der Waals surface area contributed by atoms with Crippen molar-refractivity contribution in [1.29, 1.82) is 0 Å². The highest BCUT2D eigenvalue weighted by molar-refractivity contribution is 5.78. The van der Waals surface area contributed by atoms with Crippen LogP contribution in [0.25, 0.3) is 0 Å². The first-order chi connectivity index (χ1) is 8.49. The van der Waals surface area contributed by atoms with Crippen molar-refractivity contribution in [3.63, 3.8) is 0 Å². The molecule has 2 unspecified atom stereocenters. The van der Waals surface area contributed by atoms with Crippen molar-refractivity contribution in [1.82, 2.24) is 5.32 Å². The van der Waals surface area contributed by atoms with Gasteiger partial charge in [-0.2, -0.15) is 0 Å². The Bertz CT molecular complexity index is 257. The SMILES string of the molecule is COC1(CNC(=O)C(C)CCCC(C)N)CCC1. The van der Waals surface area contributed by atoms with E-state index >= 15 is 0 Å². The van der Waals surface area contributed by atoms with E-state index < -0.39 is 0 Å². The lowest BCUT2D eigenvalue weighted by atomic mass is 9.80. The van der Waals surface area contributed by atoms with Crippen molar-refractivity contribution in [3.8, 4) is 0 Å². The average molecular weight is 256 g/mol. The van der Waals surface area contributed by atoms with Crippen LogP contribution in [0.3, 0.4) is 0 Å². The van der Waals surface area contributed by atoms with Crippen molar-refractivity contribution in [2.24, 2.45) is 11.7 Å². The van der Waals surface area contributed by atoms with Crippen molar-refractivity contribution < 1.29 is 9.53 Å². The topological polar surface area (TPSA) is 64.3 Å². The second kappa shape index (κ2) is 7.10. The molecule has 1 amide bonds. The summed E-state index contributed by atoms with van der Waals surface area (Å²) in [6.45, 7) is 4.64. The van der Waals surface area contributed by atoms with Gasteiger partial charge in [-0.05, 0) is 39.0 Å². The zero-order chi connectivity index (χ0) is 13.6. The van der Waals surface area contributed by atoms with Gasteiger partial charge in [0, 0.05) is 25.6 Å². The maximum Gasteiger partial charge on any atom is 0.222 e. The number of hydrogen-bond donors (Lipinski definition) is 2. The number of nitrogens with two attached hydrogens (primary N) is 1. The fourth-order valence-electron chi connectivity index (χ4n) is 2.32. The summed E-state index contributed by atoms with van der Waals surface area (Å²) < 4.78 is 5.49. The van der Waals surface area contributed by atoms with E-state index in [0.717, 1.165) is 32.1 Å². The summed E-state index contributed by atoms with van der Waals surface area (Å²) in [5, 5.41) is 3.02. The van der Waals surface area contributed by atoms with Crippen LogP contribution in [0.5, 0.6) is 0 Å². The van der Waals surface area contributed by atoms with Crippen LogP contribution >= 0.6 is 0 Å². The monoisotopic (exact) mass is 256 g/mol. The van der Waals surface area contributed by atoms with Crippen LogP contribution in [0.1, 0.15) is 52.4 Å². The Morgan fingerprint density at radius 3 is 2.50 bits per heavy atom. The van der Waals surface area contributed by atoms with E-state index in [4.69, 9.17) is 10.5 Å². The summed E-state index contributed by atoms with van der Waals surface area (Å²) >= 11 is 0. The van der Waals surface area contributed by atoms with E-state index in [2.05, 4.69) is 5.32 Å². The van der Waals surface area contributed by atoms with Gasteiger partial charge in [-0.25, -0.2) is 0 Å². The molecule has 1 saturated carbocycles. The van der Waals surface area contributed by atoms with Gasteiger partial charge < -0.3 is 15.8 Å². The number of hydrogen-bond acceptors (Lipinski definition) is 3. The third-order valence-corrected chi connectivity index (χ3v) is 4.03. The summed E-state index contributed by atoms with van der Waals surface area (Å²) in [5.41, 5.74) is 5.61. The van der Waals surface area contributed by atoms with Gasteiger partial charge in [0.1, 0.15) is 0 Å². The minimum Gasteiger partial charge on any atom is -0.376 e. The van der Waals surface area contributed by atoms with Crippen molar-refractivity contribution in [2.75, 3.05) is 13.7 Å². The molecule has 4 heteroatoms. The van der Waals surface area contributed by atoms with E-state index in [0.29, 0.717) is 6.54 Å². The second-order valence-corrected chi connectivity index (χ2v) is 5.77. The van der Waals surface area contributed by atoms with Gasteiger partial charge in [0.25, 0.3) is 0 Å². The smallest absolute Gasteiger partial charge is 0.222 e. The Morgan fingerprint density at radius 2 is 2.06 bits per heavy atom. The molecule has 18 heavy (non-hydrogen) atoms. The third kappa shape index (κ3) is 4.58. The summed E-state index contributed by atoms with van der Waals surface area (Å²) in [4.78, 5) is 11.9. The fraction of sp³-hybridized carbons (Fsp3) is 0.929. The molecule has 0 heterocycles. The predicted octanol–water partition coefficient (Wildman–Crippen LogP) is 1.83. The molecule has 0 aromatic heterocycles. The number of amides is 1. The lowest BCUT2D eigenvalue weighted by Gasteiger charge is -2.40.